The number of nitro groups is 1. The van der Waals surface area contributed by atoms with E-state index in [-0.39, 0.29) is 11.6 Å². The molecule has 0 atom stereocenters. The van der Waals surface area contributed by atoms with Crippen LogP contribution >= 0.6 is 0 Å². The van der Waals surface area contributed by atoms with Crippen molar-refractivity contribution in [1.82, 2.24) is 4.98 Å². The molecule has 0 spiro atoms. The molecular weight excluding hydrogens is 208 g/mol. The first-order valence-corrected chi connectivity index (χ1v) is 4.75. The van der Waals surface area contributed by atoms with Crippen molar-refractivity contribution in [3.8, 4) is 11.5 Å². The van der Waals surface area contributed by atoms with Crippen LogP contribution in [0.15, 0.2) is 29.0 Å². The van der Waals surface area contributed by atoms with Crippen molar-refractivity contribution in [2.75, 3.05) is 0 Å². The summed E-state index contributed by atoms with van der Waals surface area (Å²) in [6.07, 6.45) is 2.87. The van der Waals surface area contributed by atoms with E-state index in [0.29, 0.717) is 11.1 Å². The van der Waals surface area contributed by atoms with E-state index < -0.39 is 4.92 Å². The molecule has 0 fully saturated rings. The normalized spacial score (nSPS) is 10.4. The summed E-state index contributed by atoms with van der Waals surface area (Å²) in [6, 6.07) is 3.47. The summed E-state index contributed by atoms with van der Waals surface area (Å²) < 4.78 is 5.10. The minimum absolute atomic E-state index is 0.0491. The molecule has 2 aromatic rings. The number of nitro benzene ring substituents is 1. The van der Waals surface area contributed by atoms with Crippen molar-refractivity contribution >= 4 is 5.69 Å². The van der Waals surface area contributed by atoms with E-state index >= 15 is 0 Å². The topological polar surface area (TPSA) is 69.2 Å². The standard InChI is InChI=1S/C11H10N2O3/c1-7-5-8(2)10(13(14)15)9(6-7)11-12-3-4-16-11/h3-6H,1-2H3. The van der Waals surface area contributed by atoms with Gasteiger partial charge in [-0.15, -0.1) is 0 Å². The third-order valence-electron chi connectivity index (χ3n) is 2.29. The zero-order valence-corrected chi connectivity index (χ0v) is 8.93. The molecule has 2 rings (SSSR count). The fourth-order valence-corrected chi connectivity index (χ4v) is 1.72. The zero-order chi connectivity index (χ0) is 11.7. The van der Waals surface area contributed by atoms with Crippen LogP contribution in [0.3, 0.4) is 0 Å². The molecule has 0 N–H and O–H groups in total. The lowest BCUT2D eigenvalue weighted by Gasteiger charge is -2.03. The van der Waals surface area contributed by atoms with Crippen molar-refractivity contribution in [3.63, 3.8) is 0 Å². The van der Waals surface area contributed by atoms with E-state index in [1.165, 1.54) is 12.5 Å². The predicted molar refractivity (Wildman–Crippen MR) is 58.1 cm³/mol. The Hall–Kier alpha value is -2.17. The van der Waals surface area contributed by atoms with Crippen LogP contribution in [-0.4, -0.2) is 9.91 Å². The van der Waals surface area contributed by atoms with Crippen LogP contribution in [0.25, 0.3) is 11.5 Å². The van der Waals surface area contributed by atoms with Gasteiger partial charge in [-0.3, -0.25) is 10.1 Å². The van der Waals surface area contributed by atoms with E-state index in [1.807, 2.05) is 6.92 Å². The number of hydrogen-bond acceptors (Lipinski definition) is 4. The van der Waals surface area contributed by atoms with Crippen LogP contribution in [0.2, 0.25) is 0 Å². The quantitative estimate of drug-likeness (QED) is 0.574. The summed E-state index contributed by atoms with van der Waals surface area (Å²) >= 11 is 0. The van der Waals surface area contributed by atoms with Crippen molar-refractivity contribution < 1.29 is 9.34 Å². The SMILES string of the molecule is Cc1cc(C)c([N+](=O)[O-])c(-c2ncco2)c1. The Bertz CT molecular complexity index is 532. The molecule has 82 valence electrons. The first-order chi connectivity index (χ1) is 7.59. The van der Waals surface area contributed by atoms with Crippen molar-refractivity contribution in [2.45, 2.75) is 13.8 Å². The minimum atomic E-state index is -0.408. The molecule has 0 amide bonds. The van der Waals surface area contributed by atoms with Crippen LogP contribution in [0.4, 0.5) is 5.69 Å². The molecule has 0 aliphatic carbocycles. The van der Waals surface area contributed by atoms with Crippen LogP contribution in [0.5, 0.6) is 0 Å². The Morgan fingerprint density at radius 3 is 2.69 bits per heavy atom. The Morgan fingerprint density at radius 1 is 1.38 bits per heavy atom. The van der Waals surface area contributed by atoms with Gasteiger partial charge in [0, 0.05) is 5.56 Å². The monoisotopic (exact) mass is 218 g/mol. The van der Waals surface area contributed by atoms with E-state index in [0.717, 1.165) is 5.56 Å². The van der Waals surface area contributed by atoms with Crippen molar-refractivity contribution in [3.05, 3.63) is 45.8 Å². The van der Waals surface area contributed by atoms with Crippen LogP contribution < -0.4 is 0 Å². The highest BCUT2D eigenvalue weighted by atomic mass is 16.6. The Labute approximate surface area is 91.9 Å². The third kappa shape index (κ3) is 1.67. The van der Waals surface area contributed by atoms with E-state index in [4.69, 9.17) is 4.42 Å². The summed E-state index contributed by atoms with van der Waals surface area (Å²) in [5.74, 6) is 0.276. The van der Waals surface area contributed by atoms with Crippen molar-refractivity contribution in [2.24, 2.45) is 0 Å². The van der Waals surface area contributed by atoms with Gasteiger partial charge in [0.15, 0.2) is 0 Å². The molecule has 0 aliphatic rings. The highest BCUT2D eigenvalue weighted by Gasteiger charge is 2.21. The number of oxazole rings is 1. The minimum Gasteiger partial charge on any atom is -0.444 e. The number of rotatable bonds is 2. The van der Waals surface area contributed by atoms with Gasteiger partial charge in [0.05, 0.1) is 11.1 Å². The number of hydrogen-bond donors (Lipinski definition) is 0. The number of benzene rings is 1. The van der Waals surface area contributed by atoms with Gasteiger partial charge in [-0.2, -0.15) is 0 Å². The molecule has 0 aliphatic heterocycles. The lowest BCUT2D eigenvalue weighted by atomic mass is 10.0. The molecule has 1 aromatic heterocycles. The fourth-order valence-electron chi connectivity index (χ4n) is 1.72. The number of aromatic nitrogens is 1. The number of nitrogens with zero attached hydrogens (tertiary/aromatic N) is 2. The average molecular weight is 218 g/mol. The summed E-state index contributed by atoms with van der Waals surface area (Å²) in [5.41, 5.74) is 2.02. The van der Waals surface area contributed by atoms with Crippen LogP contribution in [-0.2, 0) is 0 Å². The second-order valence-electron chi connectivity index (χ2n) is 3.57. The molecule has 5 heteroatoms. The highest BCUT2D eigenvalue weighted by molar-refractivity contribution is 5.70. The molecule has 0 saturated heterocycles. The van der Waals surface area contributed by atoms with E-state index in [9.17, 15) is 10.1 Å². The molecule has 0 saturated carbocycles. The van der Waals surface area contributed by atoms with Crippen LogP contribution in [0.1, 0.15) is 11.1 Å². The molecular formula is C11H10N2O3. The van der Waals surface area contributed by atoms with Gasteiger partial charge in [0.25, 0.3) is 5.69 Å². The first kappa shape index (κ1) is 10.4. The Morgan fingerprint density at radius 2 is 2.12 bits per heavy atom. The van der Waals surface area contributed by atoms with E-state index in [1.54, 1.807) is 19.1 Å². The zero-order valence-electron chi connectivity index (χ0n) is 8.93. The van der Waals surface area contributed by atoms with Gasteiger partial charge >= 0.3 is 0 Å². The Kier molecular flexibility index (Phi) is 2.44. The summed E-state index contributed by atoms with van der Waals surface area (Å²) in [7, 11) is 0. The summed E-state index contributed by atoms with van der Waals surface area (Å²) in [4.78, 5) is 14.5. The lowest BCUT2D eigenvalue weighted by molar-refractivity contribution is -0.384. The van der Waals surface area contributed by atoms with Gasteiger partial charge in [-0.1, -0.05) is 0 Å². The molecule has 16 heavy (non-hydrogen) atoms. The molecule has 0 bridgehead atoms. The highest BCUT2D eigenvalue weighted by Crippen LogP contribution is 2.32. The fraction of sp³-hybridized carbons (Fsp3) is 0.182. The molecule has 5 nitrogen and oxygen atoms in total. The lowest BCUT2D eigenvalue weighted by Crippen LogP contribution is -1.96. The second kappa shape index (κ2) is 3.77. The van der Waals surface area contributed by atoms with Gasteiger partial charge in [0.1, 0.15) is 11.8 Å². The Balaban J connectivity index is 2.72. The largest absolute Gasteiger partial charge is 0.444 e. The summed E-state index contributed by atoms with van der Waals surface area (Å²) in [5, 5.41) is 11.0. The van der Waals surface area contributed by atoms with Gasteiger partial charge < -0.3 is 4.42 Å². The third-order valence-corrected chi connectivity index (χ3v) is 2.29. The maximum absolute atomic E-state index is 11.0. The summed E-state index contributed by atoms with van der Waals surface area (Å²) in [6.45, 7) is 3.58. The predicted octanol–water partition coefficient (Wildman–Crippen LogP) is 2.87. The van der Waals surface area contributed by atoms with Crippen molar-refractivity contribution in [1.29, 1.82) is 0 Å². The number of aryl methyl sites for hydroxylation is 2. The smallest absolute Gasteiger partial charge is 0.284 e. The molecule has 0 unspecified atom stereocenters. The maximum Gasteiger partial charge on any atom is 0.284 e. The first-order valence-electron chi connectivity index (χ1n) is 4.75. The molecule has 1 aromatic carbocycles. The molecule has 1 heterocycles. The maximum atomic E-state index is 11.0. The van der Waals surface area contributed by atoms with E-state index in [2.05, 4.69) is 4.98 Å². The second-order valence-corrected chi connectivity index (χ2v) is 3.57. The molecule has 0 radical (unpaired) electrons. The van der Waals surface area contributed by atoms with Gasteiger partial charge in [0.2, 0.25) is 5.89 Å². The average Bonchev–Trinajstić information content (AvgIpc) is 2.67. The van der Waals surface area contributed by atoms with Crippen LogP contribution in [0, 0.1) is 24.0 Å². The van der Waals surface area contributed by atoms with Gasteiger partial charge in [-0.25, -0.2) is 4.98 Å². The van der Waals surface area contributed by atoms with Gasteiger partial charge in [-0.05, 0) is 31.5 Å².